The number of benzene rings is 1. The predicted octanol–water partition coefficient (Wildman–Crippen LogP) is 2.89. The lowest BCUT2D eigenvalue weighted by atomic mass is 10.1. The lowest BCUT2D eigenvalue weighted by Crippen LogP contribution is -2.23. The average molecular weight is 337 g/mol. The predicted molar refractivity (Wildman–Crippen MR) is 93.3 cm³/mol. The van der Waals surface area contributed by atoms with Crippen molar-refractivity contribution >= 4 is 33.2 Å². The van der Waals surface area contributed by atoms with Crippen LogP contribution < -0.4 is 5.32 Å². The topological polar surface area (TPSA) is 72.2 Å². The maximum atomic E-state index is 12.4. The summed E-state index contributed by atoms with van der Waals surface area (Å²) in [6.07, 6.45) is 3.87. The van der Waals surface area contributed by atoms with Crippen molar-refractivity contribution in [2.75, 3.05) is 0 Å². The van der Waals surface area contributed by atoms with E-state index in [9.17, 15) is 4.79 Å². The Morgan fingerprint density at radius 2 is 1.96 bits per heavy atom. The molecule has 0 aliphatic heterocycles. The molecule has 0 saturated heterocycles. The van der Waals surface area contributed by atoms with Gasteiger partial charge in [-0.05, 0) is 32.0 Å². The van der Waals surface area contributed by atoms with E-state index in [1.807, 2.05) is 42.1 Å². The molecular formula is C17H15N5OS. The molecule has 0 atom stereocenters. The Hall–Kier alpha value is -2.80. The van der Waals surface area contributed by atoms with Crippen molar-refractivity contribution in [3.8, 4) is 0 Å². The molecule has 1 amide bonds. The Morgan fingerprint density at radius 3 is 2.75 bits per heavy atom. The number of thiazole rings is 1. The Morgan fingerprint density at radius 1 is 1.17 bits per heavy atom. The summed E-state index contributed by atoms with van der Waals surface area (Å²) in [6, 6.07) is 5.37. The first kappa shape index (κ1) is 14.8. The smallest absolute Gasteiger partial charge is 0.251 e. The summed E-state index contributed by atoms with van der Waals surface area (Å²) in [4.78, 5) is 26.7. The summed E-state index contributed by atoms with van der Waals surface area (Å²) in [7, 11) is 0. The third-order valence-electron chi connectivity index (χ3n) is 3.91. The van der Waals surface area contributed by atoms with Crippen LogP contribution in [0.5, 0.6) is 0 Å². The van der Waals surface area contributed by atoms with Crippen LogP contribution in [0.15, 0.2) is 36.0 Å². The molecule has 3 heterocycles. The molecule has 0 aliphatic rings. The summed E-state index contributed by atoms with van der Waals surface area (Å²) >= 11 is 1.57. The number of fused-ring (bicyclic) bond motifs is 2. The molecule has 4 rings (SSSR count). The second-order valence-corrected chi connectivity index (χ2v) is 6.48. The number of nitrogens with one attached hydrogen (secondary N) is 1. The van der Waals surface area contributed by atoms with Crippen molar-refractivity contribution in [1.29, 1.82) is 0 Å². The molecule has 0 unspecified atom stereocenters. The van der Waals surface area contributed by atoms with E-state index in [1.54, 1.807) is 23.5 Å². The number of nitrogens with zero attached hydrogens (tertiary/aromatic N) is 4. The number of imidazole rings is 1. The van der Waals surface area contributed by atoms with Crippen molar-refractivity contribution < 1.29 is 4.79 Å². The second kappa shape index (κ2) is 5.68. The first-order valence-electron chi connectivity index (χ1n) is 7.54. The maximum Gasteiger partial charge on any atom is 0.251 e. The summed E-state index contributed by atoms with van der Waals surface area (Å²) < 4.78 is 1.95. The maximum absolute atomic E-state index is 12.4. The highest BCUT2D eigenvalue weighted by atomic mass is 32.1. The van der Waals surface area contributed by atoms with Gasteiger partial charge < -0.3 is 5.32 Å². The van der Waals surface area contributed by atoms with Gasteiger partial charge in [0.2, 0.25) is 0 Å². The largest absolute Gasteiger partial charge is 0.346 e. The highest BCUT2D eigenvalue weighted by Gasteiger charge is 2.10. The van der Waals surface area contributed by atoms with Crippen molar-refractivity contribution in [2.24, 2.45) is 0 Å². The molecule has 6 nitrogen and oxygen atoms in total. The molecule has 1 N–H and O–H groups in total. The molecule has 7 heteroatoms. The summed E-state index contributed by atoms with van der Waals surface area (Å²) in [5.41, 5.74) is 4.71. The van der Waals surface area contributed by atoms with Crippen LogP contribution in [0.25, 0.3) is 16.0 Å². The van der Waals surface area contributed by atoms with Gasteiger partial charge in [-0.15, -0.1) is 11.3 Å². The fourth-order valence-corrected chi connectivity index (χ4v) is 3.23. The van der Waals surface area contributed by atoms with Crippen LogP contribution in [0.1, 0.15) is 27.4 Å². The molecule has 1 aromatic carbocycles. The molecule has 24 heavy (non-hydrogen) atoms. The zero-order chi connectivity index (χ0) is 16.7. The normalized spacial score (nSPS) is 11.2. The monoisotopic (exact) mass is 337 g/mol. The van der Waals surface area contributed by atoms with Gasteiger partial charge in [0, 0.05) is 23.3 Å². The van der Waals surface area contributed by atoms with Gasteiger partial charge in [0.25, 0.3) is 5.91 Å². The van der Waals surface area contributed by atoms with Crippen molar-refractivity contribution in [1.82, 2.24) is 24.7 Å². The fourth-order valence-electron chi connectivity index (χ4n) is 2.51. The van der Waals surface area contributed by atoms with E-state index in [2.05, 4.69) is 20.3 Å². The minimum atomic E-state index is -0.145. The van der Waals surface area contributed by atoms with Crippen LogP contribution in [0.2, 0.25) is 0 Å². The van der Waals surface area contributed by atoms with Crippen molar-refractivity contribution in [2.45, 2.75) is 20.4 Å². The van der Waals surface area contributed by atoms with Crippen LogP contribution in [0, 0.1) is 13.8 Å². The Balaban J connectivity index is 1.54. The van der Waals surface area contributed by atoms with Gasteiger partial charge in [0.1, 0.15) is 0 Å². The number of aromatic nitrogens is 4. The highest BCUT2D eigenvalue weighted by molar-refractivity contribution is 7.15. The van der Waals surface area contributed by atoms with Gasteiger partial charge in [-0.3, -0.25) is 9.20 Å². The van der Waals surface area contributed by atoms with E-state index in [4.69, 9.17) is 0 Å². The highest BCUT2D eigenvalue weighted by Crippen LogP contribution is 2.15. The number of hydrogen-bond donors (Lipinski definition) is 1. The van der Waals surface area contributed by atoms with Crippen LogP contribution in [-0.4, -0.2) is 25.3 Å². The first-order chi connectivity index (χ1) is 11.6. The van der Waals surface area contributed by atoms with E-state index < -0.39 is 0 Å². The lowest BCUT2D eigenvalue weighted by Gasteiger charge is -2.06. The molecule has 0 fully saturated rings. The van der Waals surface area contributed by atoms with Gasteiger partial charge >= 0.3 is 0 Å². The molecule has 120 valence electrons. The number of hydrogen-bond acceptors (Lipinski definition) is 5. The summed E-state index contributed by atoms with van der Waals surface area (Å²) in [5.74, 6) is -0.145. The quantitative estimate of drug-likeness (QED) is 0.624. The van der Waals surface area contributed by atoms with Crippen molar-refractivity contribution in [3.05, 3.63) is 58.6 Å². The minimum Gasteiger partial charge on any atom is -0.346 e. The Labute approximate surface area is 142 Å². The van der Waals surface area contributed by atoms with Gasteiger partial charge in [-0.1, -0.05) is 0 Å². The second-order valence-electron chi connectivity index (χ2n) is 5.61. The molecule has 3 aromatic heterocycles. The number of aryl methyl sites for hydroxylation is 2. The van der Waals surface area contributed by atoms with E-state index in [0.717, 1.165) is 33.1 Å². The molecule has 0 spiro atoms. The zero-order valence-electron chi connectivity index (χ0n) is 13.3. The van der Waals surface area contributed by atoms with E-state index in [0.29, 0.717) is 12.1 Å². The Kier molecular flexibility index (Phi) is 3.50. The molecule has 0 saturated carbocycles. The Bertz CT molecular complexity index is 1040. The van der Waals surface area contributed by atoms with E-state index >= 15 is 0 Å². The van der Waals surface area contributed by atoms with Crippen LogP contribution >= 0.6 is 11.3 Å². The van der Waals surface area contributed by atoms with Gasteiger partial charge in [-0.2, -0.15) is 0 Å². The standard InChI is InChI=1S/C17H15N5OS/c1-10-11(2)20-15-7-12(3-4-14(15)19-10)16(23)18-8-13-9-22-5-6-24-17(22)21-13/h3-7,9H,8H2,1-2H3,(H,18,23). The molecular weight excluding hydrogens is 322 g/mol. The third-order valence-corrected chi connectivity index (χ3v) is 4.68. The van der Waals surface area contributed by atoms with Crippen molar-refractivity contribution in [3.63, 3.8) is 0 Å². The lowest BCUT2D eigenvalue weighted by molar-refractivity contribution is 0.0950. The number of carbonyl (C=O) groups is 1. The van der Waals surface area contributed by atoms with Crippen LogP contribution in [0.4, 0.5) is 0 Å². The average Bonchev–Trinajstić information content (AvgIpc) is 3.14. The number of amides is 1. The molecule has 0 aliphatic carbocycles. The van der Waals surface area contributed by atoms with E-state index in [-0.39, 0.29) is 5.91 Å². The summed E-state index contributed by atoms with van der Waals surface area (Å²) in [6.45, 7) is 4.24. The van der Waals surface area contributed by atoms with Gasteiger partial charge in [-0.25, -0.2) is 15.0 Å². The number of rotatable bonds is 3. The fraction of sp³-hybridized carbons (Fsp3) is 0.176. The zero-order valence-corrected chi connectivity index (χ0v) is 14.1. The first-order valence-corrected chi connectivity index (χ1v) is 8.42. The third kappa shape index (κ3) is 2.63. The molecule has 0 bridgehead atoms. The van der Waals surface area contributed by atoms with Gasteiger partial charge in [0.15, 0.2) is 4.96 Å². The van der Waals surface area contributed by atoms with Gasteiger partial charge in [0.05, 0.1) is 34.7 Å². The minimum absolute atomic E-state index is 0.145. The van der Waals surface area contributed by atoms with Crippen LogP contribution in [-0.2, 0) is 6.54 Å². The number of carbonyl (C=O) groups excluding carboxylic acids is 1. The summed E-state index contributed by atoms with van der Waals surface area (Å²) in [5, 5.41) is 4.88. The van der Waals surface area contributed by atoms with E-state index in [1.165, 1.54) is 0 Å². The molecule has 4 aromatic rings. The SMILES string of the molecule is Cc1nc2ccc(C(=O)NCc3cn4ccsc4n3)cc2nc1C. The van der Waals surface area contributed by atoms with Crippen LogP contribution in [0.3, 0.4) is 0 Å². The molecule has 0 radical (unpaired) electrons.